The van der Waals surface area contributed by atoms with Crippen molar-refractivity contribution >= 4 is 23.0 Å². The van der Waals surface area contributed by atoms with Crippen LogP contribution in [0.3, 0.4) is 0 Å². The predicted molar refractivity (Wildman–Crippen MR) is 190 cm³/mol. The number of benzene rings is 2. The van der Waals surface area contributed by atoms with Crippen LogP contribution >= 0.6 is 0 Å². The Morgan fingerprint density at radius 3 is 2.41 bits per heavy atom. The van der Waals surface area contributed by atoms with Crippen LogP contribution in [0.25, 0.3) is 28.7 Å². The normalized spacial score (nSPS) is 14.8. The summed E-state index contributed by atoms with van der Waals surface area (Å²) in [4.78, 5) is 7.43. The largest absolute Gasteiger partial charge is 0.494 e. The molecule has 0 saturated carbocycles. The first-order valence-electron chi connectivity index (χ1n) is 17.1. The predicted octanol–water partition coefficient (Wildman–Crippen LogP) is 8.25. The van der Waals surface area contributed by atoms with Crippen molar-refractivity contribution in [3.63, 3.8) is 0 Å². The number of unbranched alkanes of at least 4 members (excludes halogenated alkanes) is 4. The van der Waals surface area contributed by atoms with Gasteiger partial charge in [0.25, 0.3) is 0 Å². The fraction of sp³-hybridized carbons (Fsp3) is 0.410. The number of aliphatic hydroxyl groups is 1. The summed E-state index contributed by atoms with van der Waals surface area (Å²) >= 11 is 0. The number of hydrogen-bond donors (Lipinski definition) is 1. The van der Waals surface area contributed by atoms with Crippen molar-refractivity contribution in [3.8, 4) is 17.1 Å². The molecule has 1 aliphatic rings. The monoisotopic (exact) mass is 619 g/mol. The molecule has 242 valence electrons. The quantitative estimate of drug-likeness (QED) is 0.135. The Bertz CT molecular complexity index is 1780. The number of rotatable bonds is 15. The smallest absolute Gasteiger partial charge is 0.185 e. The molecule has 1 aliphatic heterocycles. The molecule has 0 spiro atoms. The Morgan fingerprint density at radius 2 is 1.63 bits per heavy atom. The molecule has 1 N–H and O–H groups in total. The van der Waals surface area contributed by atoms with Gasteiger partial charge in [0.2, 0.25) is 0 Å². The van der Waals surface area contributed by atoms with Crippen molar-refractivity contribution in [2.24, 2.45) is 0 Å². The highest BCUT2D eigenvalue weighted by molar-refractivity contribution is 5.91. The van der Waals surface area contributed by atoms with E-state index >= 15 is 0 Å². The van der Waals surface area contributed by atoms with Gasteiger partial charge in [0.15, 0.2) is 11.5 Å². The van der Waals surface area contributed by atoms with E-state index in [1.165, 1.54) is 40.9 Å². The Kier molecular flexibility index (Phi) is 11.4. The molecule has 7 heteroatoms. The standard InChI is InChI=1S/C39H49N5O2/c1-6-9-12-20-36-34(19-14-13-17-32-28(4)29(5)43(24-10-7-2)37-21-16-15-18-33(32)37)39-40-38(42-44(39)41-36)35-26-31(46-25-11-8-3)23-22-30(35)27-45/h13-19,21-23,26,45H,6-12,20,24-25,27H2,1-5H3. The number of para-hydroxylation sites is 1. The van der Waals surface area contributed by atoms with Crippen LogP contribution in [0, 0.1) is 0 Å². The molecule has 4 aromatic rings. The summed E-state index contributed by atoms with van der Waals surface area (Å²) in [5.74, 6) is 1.29. The van der Waals surface area contributed by atoms with Crippen molar-refractivity contribution < 1.29 is 9.84 Å². The van der Waals surface area contributed by atoms with E-state index < -0.39 is 0 Å². The molecule has 0 bridgehead atoms. The van der Waals surface area contributed by atoms with Crippen LogP contribution in [0.1, 0.15) is 96.4 Å². The molecule has 0 fully saturated rings. The fourth-order valence-electron chi connectivity index (χ4n) is 6.02. The number of nitrogens with zero attached hydrogens (tertiary/aromatic N) is 5. The second-order valence-corrected chi connectivity index (χ2v) is 12.1. The molecule has 7 nitrogen and oxygen atoms in total. The zero-order valence-electron chi connectivity index (χ0n) is 28.2. The number of fused-ring (bicyclic) bond motifs is 2. The van der Waals surface area contributed by atoms with E-state index in [0.717, 1.165) is 78.5 Å². The highest BCUT2D eigenvalue weighted by Gasteiger charge is 2.23. The lowest BCUT2D eigenvalue weighted by Crippen LogP contribution is -2.27. The molecule has 0 unspecified atom stereocenters. The van der Waals surface area contributed by atoms with E-state index in [9.17, 15) is 5.11 Å². The number of aryl methyl sites for hydroxylation is 1. The van der Waals surface area contributed by atoms with Gasteiger partial charge in [-0.2, -0.15) is 5.10 Å². The van der Waals surface area contributed by atoms with Gasteiger partial charge in [-0.05, 0) is 80.5 Å². The van der Waals surface area contributed by atoms with E-state index in [4.69, 9.17) is 19.9 Å². The first-order valence-corrected chi connectivity index (χ1v) is 17.1. The van der Waals surface area contributed by atoms with Crippen LogP contribution in [0.4, 0.5) is 5.69 Å². The Morgan fingerprint density at radius 1 is 0.848 bits per heavy atom. The molecule has 2 aromatic carbocycles. The van der Waals surface area contributed by atoms with Gasteiger partial charge in [-0.1, -0.05) is 88.9 Å². The number of anilines is 1. The van der Waals surface area contributed by atoms with Gasteiger partial charge in [0.05, 0.1) is 18.9 Å². The highest BCUT2D eigenvalue weighted by Crippen LogP contribution is 2.40. The second kappa shape index (κ2) is 15.9. The number of hydrogen-bond acceptors (Lipinski definition) is 6. The lowest BCUT2D eigenvalue weighted by atomic mass is 9.90. The van der Waals surface area contributed by atoms with Gasteiger partial charge < -0.3 is 14.7 Å². The minimum Gasteiger partial charge on any atom is -0.494 e. The number of allylic oxidation sites excluding steroid dienone is 6. The molecular formula is C39H49N5O2. The summed E-state index contributed by atoms with van der Waals surface area (Å²) in [6, 6.07) is 14.4. The van der Waals surface area contributed by atoms with Gasteiger partial charge in [-0.15, -0.1) is 9.73 Å². The summed E-state index contributed by atoms with van der Waals surface area (Å²) in [6.45, 7) is 12.6. The topological polar surface area (TPSA) is 75.8 Å². The van der Waals surface area contributed by atoms with Gasteiger partial charge >= 0.3 is 0 Å². The van der Waals surface area contributed by atoms with E-state index in [0.29, 0.717) is 12.4 Å². The first kappa shape index (κ1) is 33.1. The number of ether oxygens (including phenoxy) is 1. The Labute approximate surface area is 274 Å². The second-order valence-electron chi connectivity index (χ2n) is 12.1. The molecule has 0 saturated heterocycles. The lowest BCUT2D eigenvalue weighted by Gasteiger charge is -2.34. The SMILES string of the molecule is CCCCCc1nn2nc(-c3cc(OCCCC)ccc3CO)nc2c1=CC=CC=C1C(C)=C(C)N(CCCC)c2ccccc21. The molecular weight excluding hydrogens is 570 g/mol. The minimum absolute atomic E-state index is 0.104. The number of aromatic nitrogens is 4. The maximum atomic E-state index is 10.1. The molecule has 46 heavy (non-hydrogen) atoms. The highest BCUT2D eigenvalue weighted by atomic mass is 16.5. The van der Waals surface area contributed by atoms with Gasteiger partial charge in [-0.3, -0.25) is 0 Å². The summed E-state index contributed by atoms with van der Waals surface area (Å²) in [5.41, 5.74) is 9.68. The van der Waals surface area contributed by atoms with Crippen LogP contribution in [0.5, 0.6) is 5.75 Å². The maximum absolute atomic E-state index is 10.1. The van der Waals surface area contributed by atoms with E-state index in [1.807, 2.05) is 18.2 Å². The van der Waals surface area contributed by atoms with Crippen LogP contribution in [0.15, 0.2) is 72.0 Å². The number of aliphatic hydroxyl groups excluding tert-OH is 1. The average Bonchev–Trinajstić information content (AvgIpc) is 3.63. The zero-order valence-corrected chi connectivity index (χ0v) is 28.2. The molecule has 2 aromatic heterocycles. The fourth-order valence-corrected chi connectivity index (χ4v) is 6.02. The molecule has 5 rings (SSSR count). The third-order valence-electron chi connectivity index (χ3n) is 8.84. The van der Waals surface area contributed by atoms with E-state index in [2.05, 4.69) is 88.1 Å². The van der Waals surface area contributed by atoms with Gasteiger partial charge in [0.1, 0.15) is 5.75 Å². The minimum atomic E-state index is -0.104. The van der Waals surface area contributed by atoms with Gasteiger partial charge in [-0.25, -0.2) is 4.98 Å². The van der Waals surface area contributed by atoms with Crippen molar-refractivity contribution in [1.82, 2.24) is 19.8 Å². The van der Waals surface area contributed by atoms with Crippen LogP contribution in [0.2, 0.25) is 0 Å². The first-order chi connectivity index (χ1) is 22.5. The molecule has 0 radical (unpaired) electrons. The average molecular weight is 620 g/mol. The third-order valence-corrected chi connectivity index (χ3v) is 8.84. The van der Waals surface area contributed by atoms with Crippen molar-refractivity contribution in [2.45, 2.75) is 92.6 Å². The lowest BCUT2D eigenvalue weighted by molar-refractivity contribution is 0.281. The van der Waals surface area contributed by atoms with Crippen molar-refractivity contribution in [1.29, 1.82) is 0 Å². The Balaban J connectivity index is 1.51. The molecule has 3 heterocycles. The Hall–Kier alpha value is -4.23. The van der Waals surface area contributed by atoms with Crippen molar-refractivity contribution in [3.05, 3.63) is 94.0 Å². The zero-order chi connectivity index (χ0) is 32.5. The van der Waals surface area contributed by atoms with Crippen LogP contribution < -0.4 is 14.9 Å². The summed E-state index contributed by atoms with van der Waals surface area (Å²) in [7, 11) is 0. The molecule has 0 atom stereocenters. The summed E-state index contributed by atoms with van der Waals surface area (Å²) in [5, 5.41) is 20.7. The van der Waals surface area contributed by atoms with Gasteiger partial charge in [0, 0.05) is 34.3 Å². The van der Waals surface area contributed by atoms with Crippen LogP contribution in [-0.2, 0) is 13.0 Å². The van der Waals surface area contributed by atoms with Crippen LogP contribution in [-0.4, -0.2) is 38.1 Å². The van der Waals surface area contributed by atoms with Crippen molar-refractivity contribution in [2.75, 3.05) is 18.1 Å². The molecule has 0 aliphatic carbocycles. The third kappa shape index (κ3) is 7.26. The maximum Gasteiger partial charge on any atom is 0.185 e. The molecule has 0 amide bonds. The summed E-state index contributed by atoms with van der Waals surface area (Å²) < 4.78 is 7.60. The summed E-state index contributed by atoms with van der Waals surface area (Å²) in [6.07, 6.45) is 17.2. The van der Waals surface area contributed by atoms with E-state index in [-0.39, 0.29) is 6.61 Å². The van der Waals surface area contributed by atoms with E-state index in [1.54, 1.807) is 4.63 Å².